The third-order valence-electron chi connectivity index (χ3n) is 5.74. The summed E-state index contributed by atoms with van der Waals surface area (Å²) >= 11 is 0. The third kappa shape index (κ3) is 3.82. The van der Waals surface area contributed by atoms with E-state index in [2.05, 4.69) is 34.0 Å². The van der Waals surface area contributed by atoms with Crippen molar-refractivity contribution in [3.63, 3.8) is 0 Å². The van der Waals surface area contributed by atoms with Gasteiger partial charge in [-0.1, -0.05) is 13.8 Å². The van der Waals surface area contributed by atoms with Gasteiger partial charge in [-0.3, -0.25) is 9.69 Å². The molecule has 0 radical (unpaired) electrons. The molecule has 2 saturated heterocycles. The molecule has 2 aliphatic heterocycles. The molecular formula is C21H27FN4O2. The maximum absolute atomic E-state index is 13.1. The molecule has 3 heterocycles. The molecule has 1 aromatic carbocycles. The highest BCUT2D eigenvalue weighted by atomic mass is 19.1. The number of fused-ring (bicyclic) bond motifs is 1. The van der Waals surface area contributed by atoms with E-state index >= 15 is 0 Å². The van der Waals surface area contributed by atoms with E-state index in [0.717, 1.165) is 31.7 Å². The number of carbonyl (C=O) groups is 1. The lowest BCUT2D eigenvalue weighted by Gasteiger charge is -2.36. The largest absolute Gasteiger partial charge is 0.375 e. The summed E-state index contributed by atoms with van der Waals surface area (Å²) in [5.41, 5.74) is 1.84. The summed E-state index contributed by atoms with van der Waals surface area (Å²) < 4.78 is 19.1. The smallest absolute Gasteiger partial charge is 0.272 e. The number of benzene rings is 1. The molecule has 1 aromatic heterocycles. The third-order valence-corrected chi connectivity index (χ3v) is 5.74. The number of halogens is 1. The molecule has 28 heavy (non-hydrogen) atoms. The number of nitrogens with zero attached hydrogens (tertiary/aromatic N) is 2. The highest BCUT2D eigenvalue weighted by Crippen LogP contribution is 2.26. The number of hydrogen-bond acceptors (Lipinski definition) is 4. The monoisotopic (exact) mass is 386 g/mol. The number of aromatic amines is 1. The Balaban J connectivity index is 1.41. The number of nitrogens with one attached hydrogen (secondary N) is 2. The Morgan fingerprint density at radius 1 is 1.32 bits per heavy atom. The Hall–Kier alpha value is -2.25. The van der Waals surface area contributed by atoms with Crippen LogP contribution in [-0.2, 0) is 4.74 Å². The van der Waals surface area contributed by atoms with Crippen LogP contribution in [0.15, 0.2) is 24.3 Å². The highest BCUT2D eigenvalue weighted by Gasteiger charge is 2.38. The van der Waals surface area contributed by atoms with Crippen molar-refractivity contribution in [2.45, 2.75) is 45.4 Å². The Morgan fingerprint density at radius 2 is 2.07 bits per heavy atom. The van der Waals surface area contributed by atoms with Crippen molar-refractivity contribution in [1.29, 1.82) is 0 Å². The van der Waals surface area contributed by atoms with Crippen LogP contribution in [0.1, 0.15) is 36.5 Å². The van der Waals surface area contributed by atoms with Gasteiger partial charge in [0.1, 0.15) is 17.3 Å². The van der Waals surface area contributed by atoms with Crippen LogP contribution in [0.5, 0.6) is 0 Å². The van der Waals surface area contributed by atoms with E-state index in [9.17, 15) is 9.18 Å². The van der Waals surface area contributed by atoms with Crippen molar-refractivity contribution in [1.82, 2.24) is 20.2 Å². The Bertz CT molecular complexity index is 849. The first-order valence-electron chi connectivity index (χ1n) is 9.89. The SMILES string of the molecule is Cc1[nH]c(-c2ccc(F)cc2)nc1C(=O)N[C@H]1C[C@H]2CO[C@@H](C(C)C)CN2C1. The number of morpholine rings is 1. The summed E-state index contributed by atoms with van der Waals surface area (Å²) in [4.78, 5) is 22.8. The number of aryl methyl sites for hydroxylation is 1. The van der Waals surface area contributed by atoms with Crippen LogP contribution in [0.2, 0.25) is 0 Å². The van der Waals surface area contributed by atoms with Crippen molar-refractivity contribution in [3.05, 3.63) is 41.5 Å². The molecule has 0 saturated carbocycles. The molecule has 3 atom stereocenters. The van der Waals surface area contributed by atoms with E-state index in [1.807, 2.05) is 6.92 Å². The molecule has 4 rings (SSSR count). The van der Waals surface area contributed by atoms with Crippen LogP contribution in [-0.4, -0.2) is 58.7 Å². The molecule has 0 unspecified atom stereocenters. The minimum absolute atomic E-state index is 0.0948. The number of imidazole rings is 1. The van der Waals surface area contributed by atoms with Gasteiger partial charge in [-0.2, -0.15) is 0 Å². The molecule has 1 amide bonds. The standard InChI is InChI=1S/C21H27FN4O2/c1-12(2)18-10-26-9-16(8-17(26)11-28-18)24-21(27)19-13(3)23-20(25-19)14-4-6-15(22)7-5-14/h4-7,12,16-18H,8-11H2,1-3H3,(H,23,25)(H,24,27)/t16-,17-,18+/m0/s1. The molecular weight excluding hydrogens is 359 g/mol. The lowest BCUT2D eigenvalue weighted by atomic mass is 10.0. The Morgan fingerprint density at radius 3 is 2.79 bits per heavy atom. The van der Waals surface area contributed by atoms with Gasteiger partial charge >= 0.3 is 0 Å². The fourth-order valence-corrected chi connectivity index (χ4v) is 4.09. The normalized spacial score (nSPS) is 25.1. The van der Waals surface area contributed by atoms with Gasteiger partial charge in [-0.05, 0) is 43.5 Å². The number of rotatable bonds is 4. The minimum Gasteiger partial charge on any atom is -0.375 e. The molecule has 0 bridgehead atoms. The first-order chi connectivity index (χ1) is 13.4. The summed E-state index contributed by atoms with van der Waals surface area (Å²) in [7, 11) is 0. The Labute approximate surface area is 164 Å². The fourth-order valence-electron chi connectivity index (χ4n) is 4.09. The number of carbonyl (C=O) groups excluding carboxylic acids is 1. The summed E-state index contributed by atoms with van der Waals surface area (Å²) in [6, 6.07) is 6.53. The van der Waals surface area contributed by atoms with Crippen molar-refractivity contribution in [3.8, 4) is 11.4 Å². The second kappa shape index (κ2) is 7.64. The highest BCUT2D eigenvalue weighted by molar-refractivity contribution is 5.94. The van der Waals surface area contributed by atoms with Gasteiger partial charge in [-0.15, -0.1) is 0 Å². The summed E-state index contributed by atoms with van der Waals surface area (Å²) in [6.07, 6.45) is 1.16. The number of hydrogen-bond donors (Lipinski definition) is 2. The van der Waals surface area contributed by atoms with Gasteiger partial charge in [0.15, 0.2) is 0 Å². The average Bonchev–Trinajstić information content (AvgIpc) is 3.24. The van der Waals surface area contributed by atoms with Gasteiger partial charge in [0.05, 0.1) is 12.7 Å². The number of H-pyrrole nitrogens is 1. The van der Waals surface area contributed by atoms with Crippen LogP contribution in [0.3, 0.4) is 0 Å². The van der Waals surface area contributed by atoms with Gasteiger partial charge in [0.2, 0.25) is 0 Å². The van der Waals surface area contributed by atoms with E-state index in [4.69, 9.17) is 4.74 Å². The maximum atomic E-state index is 13.1. The number of aromatic nitrogens is 2. The van der Waals surface area contributed by atoms with Gasteiger partial charge in [0, 0.05) is 36.4 Å². The summed E-state index contributed by atoms with van der Waals surface area (Å²) in [5, 5.41) is 3.13. The lowest BCUT2D eigenvalue weighted by Crippen LogP contribution is -2.48. The first kappa shape index (κ1) is 19.1. The van der Waals surface area contributed by atoms with Crippen LogP contribution in [0.25, 0.3) is 11.4 Å². The predicted molar refractivity (Wildman–Crippen MR) is 105 cm³/mol. The van der Waals surface area contributed by atoms with Crippen LogP contribution < -0.4 is 5.32 Å². The van der Waals surface area contributed by atoms with Crippen LogP contribution >= 0.6 is 0 Å². The fraction of sp³-hybridized carbons (Fsp3) is 0.524. The number of amides is 1. The van der Waals surface area contributed by atoms with Crippen LogP contribution in [0, 0.1) is 18.7 Å². The zero-order valence-corrected chi connectivity index (χ0v) is 16.5. The second-order valence-electron chi connectivity index (χ2n) is 8.20. The van der Waals surface area contributed by atoms with E-state index in [0.29, 0.717) is 29.2 Å². The molecule has 150 valence electrons. The number of ether oxygens (including phenoxy) is 1. The van der Waals surface area contributed by atoms with E-state index in [1.165, 1.54) is 12.1 Å². The molecule has 2 aromatic rings. The summed E-state index contributed by atoms with van der Waals surface area (Å²) in [6.45, 7) is 8.68. The maximum Gasteiger partial charge on any atom is 0.272 e. The zero-order chi connectivity index (χ0) is 19.8. The molecule has 2 aliphatic rings. The molecule has 2 N–H and O–H groups in total. The van der Waals surface area contributed by atoms with Crippen molar-refractivity contribution in [2.75, 3.05) is 19.7 Å². The van der Waals surface area contributed by atoms with Gasteiger partial charge < -0.3 is 15.0 Å². The summed E-state index contributed by atoms with van der Waals surface area (Å²) in [5.74, 6) is 0.588. The van der Waals surface area contributed by atoms with Crippen molar-refractivity contribution >= 4 is 5.91 Å². The molecule has 0 aliphatic carbocycles. The first-order valence-corrected chi connectivity index (χ1v) is 9.89. The second-order valence-corrected chi connectivity index (χ2v) is 8.20. The average molecular weight is 386 g/mol. The van der Waals surface area contributed by atoms with Gasteiger partial charge in [-0.25, -0.2) is 9.37 Å². The van der Waals surface area contributed by atoms with Crippen molar-refractivity contribution in [2.24, 2.45) is 5.92 Å². The predicted octanol–water partition coefficient (Wildman–Crippen LogP) is 2.75. The van der Waals surface area contributed by atoms with Gasteiger partial charge in [0.25, 0.3) is 5.91 Å². The van der Waals surface area contributed by atoms with Crippen LogP contribution in [0.4, 0.5) is 4.39 Å². The molecule has 0 spiro atoms. The molecule has 6 nitrogen and oxygen atoms in total. The minimum atomic E-state index is -0.300. The van der Waals surface area contributed by atoms with E-state index in [-0.39, 0.29) is 23.9 Å². The lowest BCUT2D eigenvalue weighted by molar-refractivity contribution is -0.0683. The molecule has 7 heteroatoms. The van der Waals surface area contributed by atoms with Crippen molar-refractivity contribution < 1.29 is 13.9 Å². The molecule has 2 fully saturated rings. The zero-order valence-electron chi connectivity index (χ0n) is 16.5. The van der Waals surface area contributed by atoms with E-state index < -0.39 is 0 Å². The van der Waals surface area contributed by atoms with E-state index in [1.54, 1.807) is 12.1 Å². The quantitative estimate of drug-likeness (QED) is 0.848. The topological polar surface area (TPSA) is 70.2 Å². The Kier molecular flexibility index (Phi) is 5.21.